The van der Waals surface area contributed by atoms with Gasteiger partial charge in [-0.15, -0.1) is 0 Å². The van der Waals surface area contributed by atoms with E-state index in [1.807, 2.05) is 49.4 Å². The smallest absolute Gasteiger partial charge is 0.294 e. The molecule has 0 aliphatic carbocycles. The Morgan fingerprint density at radius 2 is 1.75 bits per heavy atom. The lowest BCUT2D eigenvalue weighted by Crippen LogP contribution is -2.31. The third-order valence-corrected chi connectivity index (χ3v) is 4.70. The summed E-state index contributed by atoms with van der Waals surface area (Å²) < 4.78 is 5.63. The SMILES string of the molecule is CCCOc1ccc(C2C(C(=O)C(C)C)=C(O)C(=O)N2c2ccccc2)cc1. The zero-order valence-corrected chi connectivity index (χ0v) is 16.4. The second-order valence-electron chi connectivity index (χ2n) is 7.11. The second kappa shape index (κ2) is 8.30. The maximum Gasteiger partial charge on any atom is 0.294 e. The fourth-order valence-electron chi connectivity index (χ4n) is 3.30. The maximum absolute atomic E-state index is 12.9. The van der Waals surface area contributed by atoms with Crippen LogP contribution in [0.2, 0.25) is 0 Å². The number of amides is 1. The van der Waals surface area contributed by atoms with Gasteiger partial charge < -0.3 is 9.84 Å². The summed E-state index contributed by atoms with van der Waals surface area (Å²) in [7, 11) is 0. The molecular weight excluding hydrogens is 354 g/mol. The Hall–Kier alpha value is -3.08. The number of aliphatic hydroxyl groups excluding tert-OH is 1. The predicted molar refractivity (Wildman–Crippen MR) is 108 cm³/mol. The van der Waals surface area contributed by atoms with Crippen molar-refractivity contribution in [3.05, 3.63) is 71.5 Å². The lowest BCUT2D eigenvalue weighted by atomic mass is 9.91. The van der Waals surface area contributed by atoms with Gasteiger partial charge >= 0.3 is 0 Å². The van der Waals surface area contributed by atoms with Crippen LogP contribution in [-0.2, 0) is 9.59 Å². The summed E-state index contributed by atoms with van der Waals surface area (Å²) in [6.07, 6.45) is 0.907. The Kier molecular flexibility index (Phi) is 5.83. The number of Topliss-reactive ketones (excluding diaryl/α,β-unsaturated/α-hetero) is 1. The molecule has 1 unspecified atom stereocenters. The van der Waals surface area contributed by atoms with E-state index < -0.39 is 17.7 Å². The van der Waals surface area contributed by atoms with Crippen LogP contribution >= 0.6 is 0 Å². The largest absolute Gasteiger partial charge is 0.503 e. The van der Waals surface area contributed by atoms with Crippen LogP contribution in [0.25, 0.3) is 0 Å². The monoisotopic (exact) mass is 379 g/mol. The first-order valence-corrected chi connectivity index (χ1v) is 9.54. The predicted octanol–water partition coefficient (Wildman–Crippen LogP) is 4.60. The first kappa shape index (κ1) is 19.7. The molecule has 1 heterocycles. The van der Waals surface area contributed by atoms with Crippen molar-refractivity contribution in [3.8, 4) is 5.75 Å². The molecule has 0 bridgehead atoms. The molecule has 1 amide bonds. The van der Waals surface area contributed by atoms with Crippen LogP contribution < -0.4 is 9.64 Å². The standard InChI is InChI=1S/C23H25NO4/c1-4-14-28-18-12-10-16(11-13-18)20-19(21(25)15(2)3)22(26)23(27)24(20)17-8-6-5-7-9-17/h5-13,15,20,26H,4,14H2,1-3H3. The van der Waals surface area contributed by atoms with Crippen LogP contribution in [0.15, 0.2) is 65.9 Å². The third-order valence-electron chi connectivity index (χ3n) is 4.70. The molecule has 2 aromatic rings. The van der Waals surface area contributed by atoms with Gasteiger partial charge in [0.15, 0.2) is 11.5 Å². The fourth-order valence-corrected chi connectivity index (χ4v) is 3.30. The number of para-hydroxylation sites is 1. The highest BCUT2D eigenvalue weighted by atomic mass is 16.5. The Balaban J connectivity index is 2.07. The van der Waals surface area contributed by atoms with E-state index in [1.54, 1.807) is 26.0 Å². The normalized spacial score (nSPS) is 16.8. The number of aliphatic hydroxyl groups is 1. The summed E-state index contributed by atoms with van der Waals surface area (Å²) in [5.41, 5.74) is 1.52. The van der Waals surface area contributed by atoms with Crippen molar-refractivity contribution >= 4 is 17.4 Å². The molecule has 3 rings (SSSR count). The topological polar surface area (TPSA) is 66.8 Å². The van der Waals surface area contributed by atoms with E-state index in [-0.39, 0.29) is 17.3 Å². The molecule has 0 saturated carbocycles. The van der Waals surface area contributed by atoms with E-state index in [2.05, 4.69) is 0 Å². The van der Waals surface area contributed by atoms with E-state index >= 15 is 0 Å². The van der Waals surface area contributed by atoms with Gasteiger partial charge in [-0.2, -0.15) is 0 Å². The zero-order valence-electron chi connectivity index (χ0n) is 16.4. The summed E-state index contributed by atoms with van der Waals surface area (Å²) in [4.78, 5) is 27.2. The number of ketones is 1. The highest BCUT2D eigenvalue weighted by molar-refractivity contribution is 6.16. The molecule has 1 N–H and O–H groups in total. The number of anilines is 1. The van der Waals surface area contributed by atoms with Gasteiger partial charge in [-0.25, -0.2) is 0 Å². The molecule has 146 valence electrons. The molecule has 5 heteroatoms. The summed E-state index contributed by atoms with van der Waals surface area (Å²) in [5, 5.41) is 10.6. The summed E-state index contributed by atoms with van der Waals surface area (Å²) in [5.74, 6) is -0.882. The molecular formula is C23H25NO4. The minimum Gasteiger partial charge on any atom is -0.503 e. The first-order valence-electron chi connectivity index (χ1n) is 9.54. The second-order valence-corrected chi connectivity index (χ2v) is 7.11. The maximum atomic E-state index is 12.9. The van der Waals surface area contributed by atoms with Crippen LogP contribution in [0.3, 0.4) is 0 Å². The number of hydrogen-bond donors (Lipinski definition) is 1. The summed E-state index contributed by atoms with van der Waals surface area (Å²) in [6, 6.07) is 15.7. The van der Waals surface area contributed by atoms with Crippen molar-refractivity contribution < 1.29 is 19.4 Å². The molecule has 1 aliphatic rings. The average molecular weight is 379 g/mol. The van der Waals surface area contributed by atoms with Crippen molar-refractivity contribution in [1.29, 1.82) is 0 Å². The molecule has 0 fully saturated rings. The van der Waals surface area contributed by atoms with Crippen LogP contribution in [0, 0.1) is 5.92 Å². The van der Waals surface area contributed by atoms with E-state index in [9.17, 15) is 14.7 Å². The van der Waals surface area contributed by atoms with Crippen molar-refractivity contribution in [3.63, 3.8) is 0 Å². The number of carbonyl (C=O) groups excluding carboxylic acids is 2. The third kappa shape index (κ3) is 3.65. The molecule has 1 atom stereocenters. The van der Waals surface area contributed by atoms with Gasteiger partial charge in [-0.05, 0) is 36.2 Å². The summed E-state index contributed by atoms with van der Waals surface area (Å²) in [6.45, 7) is 6.18. The fraction of sp³-hybridized carbons (Fsp3) is 0.304. The highest BCUT2D eigenvalue weighted by Crippen LogP contribution is 2.42. The van der Waals surface area contributed by atoms with E-state index in [4.69, 9.17) is 4.74 Å². The van der Waals surface area contributed by atoms with Gasteiger partial charge in [0.25, 0.3) is 5.91 Å². The number of hydrogen-bond acceptors (Lipinski definition) is 4. The van der Waals surface area contributed by atoms with Crippen LogP contribution in [0.1, 0.15) is 38.8 Å². The Morgan fingerprint density at radius 3 is 2.32 bits per heavy atom. The average Bonchev–Trinajstić information content (AvgIpc) is 2.97. The highest BCUT2D eigenvalue weighted by Gasteiger charge is 2.44. The van der Waals surface area contributed by atoms with E-state index in [0.29, 0.717) is 12.3 Å². The number of carbonyl (C=O) groups is 2. The minimum absolute atomic E-state index is 0.145. The van der Waals surface area contributed by atoms with Crippen LogP contribution in [0.5, 0.6) is 5.75 Å². The number of nitrogens with zero attached hydrogens (tertiary/aromatic N) is 1. The van der Waals surface area contributed by atoms with Crippen LogP contribution in [-0.4, -0.2) is 23.4 Å². The number of benzene rings is 2. The lowest BCUT2D eigenvalue weighted by molar-refractivity contribution is -0.119. The minimum atomic E-state index is -0.676. The number of rotatable bonds is 7. The van der Waals surface area contributed by atoms with Crippen molar-refractivity contribution in [2.24, 2.45) is 5.92 Å². The molecule has 0 spiro atoms. The molecule has 2 aromatic carbocycles. The van der Waals surface area contributed by atoms with Gasteiger partial charge in [-0.1, -0.05) is 51.1 Å². The molecule has 0 radical (unpaired) electrons. The van der Waals surface area contributed by atoms with Gasteiger partial charge in [0, 0.05) is 11.6 Å². The van der Waals surface area contributed by atoms with Gasteiger partial charge in [0.1, 0.15) is 5.75 Å². The molecule has 5 nitrogen and oxygen atoms in total. The zero-order chi connectivity index (χ0) is 20.3. The molecule has 0 saturated heterocycles. The van der Waals surface area contributed by atoms with Gasteiger partial charge in [0.05, 0.1) is 18.2 Å². The van der Waals surface area contributed by atoms with Crippen molar-refractivity contribution in [1.82, 2.24) is 0 Å². The lowest BCUT2D eigenvalue weighted by Gasteiger charge is -2.27. The Bertz CT molecular complexity index is 885. The molecule has 28 heavy (non-hydrogen) atoms. The van der Waals surface area contributed by atoms with E-state index in [1.165, 1.54) is 4.90 Å². The first-order chi connectivity index (χ1) is 13.5. The quantitative estimate of drug-likeness (QED) is 0.763. The Labute approximate surface area is 165 Å². The van der Waals surface area contributed by atoms with Crippen LogP contribution in [0.4, 0.5) is 5.69 Å². The van der Waals surface area contributed by atoms with Crippen molar-refractivity contribution in [2.45, 2.75) is 33.2 Å². The van der Waals surface area contributed by atoms with Gasteiger partial charge in [0.2, 0.25) is 0 Å². The summed E-state index contributed by atoms with van der Waals surface area (Å²) >= 11 is 0. The van der Waals surface area contributed by atoms with Gasteiger partial charge in [-0.3, -0.25) is 14.5 Å². The van der Waals surface area contributed by atoms with Crippen molar-refractivity contribution in [2.75, 3.05) is 11.5 Å². The molecule has 1 aliphatic heterocycles. The number of ether oxygens (including phenoxy) is 1. The Morgan fingerprint density at radius 1 is 1.11 bits per heavy atom. The molecule has 0 aromatic heterocycles. The van der Waals surface area contributed by atoms with E-state index in [0.717, 1.165) is 17.7 Å².